The Kier molecular flexibility index (Phi) is 2.87. The molecule has 96 valence electrons. The first kappa shape index (κ1) is 11.5. The highest BCUT2D eigenvalue weighted by Gasteiger charge is 2.50. The second-order valence-corrected chi connectivity index (χ2v) is 6.02. The number of carbonyl (C=O) groups excluding carboxylic acids is 1. The summed E-state index contributed by atoms with van der Waals surface area (Å²) in [6.07, 6.45) is 4.83. The molecule has 1 saturated heterocycles. The van der Waals surface area contributed by atoms with Gasteiger partial charge in [-0.1, -0.05) is 0 Å². The first-order valence-corrected chi connectivity index (χ1v) is 6.95. The number of rotatable bonds is 4. The van der Waals surface area contributed by atoms with Crippen LogP contribution in [0.25, 0.3) is 0 Å². The Morgan fingerprint density at radius 1 is 1.18 bits per heavy atom. The van der Waals surface area contributed by atoms with Gasteiger partial charge < -0.3 is 10.6 Å². The van der Waals surface area contributed by atoms with E-state index in [9.17, 15) is 4.79 Å². The van der Waals surface area contributed by atoms with E-state index < -0.39 is 0 Å². The number of carbonyl (C=O) groups is 1. The van der Waals surface area contributed by atoms with Gasteiger partial charge in [-0.3, -0.25) is 9.69 Å². The van der Waals surface area contributed by atoms with E-state index >= 15 is 0 Å². The summed E-state index contributed by atoms with van der Waals surface area (Å²) in [6.45, 7) is 5.73. The Hall–Kier alpha value is -0.610. The molecule has 17 heavy (non-hydrogen) atoms. The van der Waals surface area contributed by atoms with Gasteiger partial charge in [0, 0.05) is 39.3 Å². The Morgan fingerprint density at radius 2 is 1.82 bits per heavy atom. The molecule has 2 aliphatic carbocycles. The number of nitrogens with two attached hydrogens (primary N) is 1. The molecule has 3 fully saturated rings. The number of nitrogens with zero attached hydrogens (tertiary/aromatic N) is 2. The van der Waals surface area contributed by atoms with Crippen molar-refractivity contribution in [1.82, 2.24) is 9.80 Å². The summed E-state index contributed by atoms with van der Waals surface area (Å²) >= 11 is 0. The fourth-order valence-corrected chi connectivity index (χ4v) is 2.79. The third-order valence-corrected chi connectivity index (χ3v) is 4.57. The molecule has 0 aromatic rings. The number of hydrogen-bond acceptors (Lipinski definition) is 3. The van der Waals surface area contributed by atoms with Crippen LogP contribution in [0, 0.1) is 11.3 Å². The normalized spacial score (nSPS) is 28.2. The molecule has 0 unspecified atom stereocenters. The standard InChI is InChI=1S/C13H23N3O/c14-10-13(3-4-13)12(17)16-7-5-15(6-8-16)9-11-1-2-11/h11H,1-10,14H2. The summed E-state index contributed by atoms with van der Waals surface area (Å²) in [7, 11) is 0. The minimum atomic E-state index is -0.154. The van der Waals surface area contributed by atoms with Crippen LogP contribution in [-0.4, -0.2) is 55.0 Å². The summed E-state index contributed by atoms with van der Waals surface area (Å²) < 4.78 is 0. The Balaban J connectivity index is 1.48. The van der Waals surface area contributed by atoms with E-state index in [1.807, 2.05) is 4.90 Å². The number of hydrogen-bond donors (Lipinski definition) is 1. The average molecular weight is 237 g/mol. The molecule has 3 rings (SSSR count). The van der Waals surface area contributed by atoms with Crippen LogP contribution in [0.4, 0.5) is 0 Å². The minimum absolute atomic E-state index is 0.154. The molecule has 0 bridgehead atoms. The lowest BCUT2D eigenvalue weighted by Gasteiger charge is -2.36. The molecule has 1 heterocycles. The van der Waals surface area contributed by atoms with Gasteiger partial charge in [-0.25, -0.2) is 0 Å². The number of piperazine rings is 1. The van der Waals surface area contributed by atoms with Gasteiger partial charge in [0.2, 0.25) is 5.91 Å². The molecule has 2 N–H and O–H groups in total. The fraction of sp³-hybridized carbons (Fsp3) is 0.923. The Labute approximate surface area is 103 Å². The van der Waals surface area contributed by atoms with Crippen LogP contribution in [0.2, 0.25) is 0 Å². The molecule has 0 spiro atoms. The van der Waals surface area contributed by atoms with E-state index in [0.717, 1.165) is 44.9 Å². The van der Waals surface area contributed by atoms with Gasteiger partial charge in [0.15, 0.2) is 0 Å². The van der Waals surface area contributed by atoms with E-state index in [-0.39, 0.29) is 5.41 Å². The maximum absolute atomic E-state index is 12.3. The lowest BCUT2D eigenvalue weighted by Crippen LogP contribution is -2.52. The summed E-state index contributed by atoms with van der Waals surface area (Å²) in [5.41, 5.74) is 5.57. The largest absolute Gasteiger partial charge is 0.340 e. The number of amides is 1. The summed E-state index contributed by atoms with van der Waals surface area (Å²) in [4.78, 5) is 16.8. The minimum Gasteiger partial charge on any atom is -0.340 e. The highest BCUT2D eigenvalue weighted by Crippen LogP contribution is 2.46. The van der Waals surface area contributed by atoms with Crippen LogP contribution in [0.1, 0.15) is 25.7 Å². The van der Waals surface area contributed by atoms with Crippen LogP contribution in [-0.2, 0) is 4.79 Å². The molecule has 3 aliphatic rings. The Bertz CT molecular complexity index is 302. The molecule has 0 atom stereocenters. The predicted octanol–water partition coefficient (Wildman–Crippen LogP) is 0.279. The zero-order chi connectivity index (χ0) is 11.9. The molecular formula is C13H23N3O. The summed E-state index contributed by atoms with van der Waals surface area (Å²) in [5.74, 6) is 1.28. The first-order valence-electron chi connectivity index (χ1n) is 6.95. The van der Waals surface area contributed by atoms with E-state index in [2.05, 4.69) is 4.90 Å². The van der Waals surface area contributed by atoms with E-state index in [4.69, 9.17) is 5.73 Å². The van der Waals surface area contributed by atoms with Crippen molar-refractivity contribution in [1.29, 1.82) is 0 Å². The second kappa shape index (κ2) is 4.25. The molecule has 0 aromatic carbocycles. The van der Waals surface area contributed by atoms with Crippen molar-refractivity contribution in [3.05, 3.63) is 0 Å². The maximum atomic E-state index is 12.3. The fourth-order valence-electron chi connectivity index (χ4n) is 2.79. The SMILES string of the molecule is NCC1(C(=O)N2CCN(CC3CC3)CC2)CC1. The van der Waals surface area contributed by atoms with Crippen molar-refractivity contribution < 1.29 is 4.79 Å². The zero-order valence-corrected chi connectivity index (χ0v) is 10.5. The molecule has 1 amide bonds. The first-order chi connectivity index (χ1) is 8.23. The molecular weight excluding hydrogens is 214 g/mol. The van der Waals surface area contributed by atoms with E-state index in [0.29, 0.717) is 12.5 Å². The van der Waals surface area contributed by atoms with Crippen molar-refractivity contribution >= 4 is 5.91 Å². The topological polar surface area (TPSA) is 49.6 Å². The van der Waals surface area contributed by atoms with Crippen molar-refractivity contribution in [2.24, 2.45) is 17.1 Å². The van der Waals surface area contributed by atoms with Gasteiger partial charge in [0.05, 0.1) is 5.41 Å². The lowest BCUT2D eigenvalue weighted by molar-refractivity contribution is -0.138. The molecule has 2 saturated carbocycles. The summed E-state index contributed by atoms with van der Waals surface area (Å²) in [5, 5.41) is 0. The monoisotopic (exact) mass is 237 g/mol. The molecule has 4 heteroatoms. The van der Waals surface area contributed by atoms with E-state index in [1.165, 1.54) is 19.4 Å². The molecule has 4 nitrogen and oxygen atoms in total. The van der Waals surface area contributed by atoms with Crippen LogP contribution in [0.15, 0.2) is 0 Å². The highest BCUT2D eigenvalue weighted by atomic mass is 16.2. The average Bonchev–Trinajstić information content (AvgIpc) is 3.24. The molecule has 0 aromatic heterocycles. The van der Waals surface area contributed by atoms with Gasteiger partial charge in [0.25, 0.3) is 0 Å². The molecule has 1 aliphatic heterocycles. The van der Waals surface area contributed by atoms with Gasteiger partial charge >= 0.3 is 0 Å². The van der Waals surface area contributed by atoms with Crippen LogP contribution < -0.4 is 5.73 Å². The third kappa shape index (κ3) is 2.33. The lowest BCUT2D eigenvalue weighted by atomic mass is 10.1. The zero-order valence-electron chi connectivity index (χ0n) is 10.5. The second-order valence-electron chi connectivity index (χ2n) is 6.02. The smallest absolute Gasteiger partial charge is 0.230 e. The maximum Gasteiger partial charge on any atom is 0.230 e. The third-order valence-electron chi connectivity index (χ3n) is 4.57. The van der Waals surface area contributed by atoms with E-state index in [1.54, 1.807) is 0 Å². The van der Waals surface area contributed by atoms with Crippen LogP contribution >= 0.6 is 0 Å². The van der Waals surface area contributed by atoms with Crippen molar-refractivity contribution in [3.8, 4) is 0 Å². The quantitative estimate of drug-likeness (QED) is 0.764. The van der Waals surface area contributed by atoms with Gasteiger partial charge in [-0.05, 0) is 31.6 Å². The van der Waals surface area contributed by atoms with Crippen molar-refractivity contribution in [2.75, 3.05) is 39.3 Å². The van der Waals surface area contributed by atoms with Crippen molar-refractivity contribution in [2.45, 2.75) is 25.7 Å². The predicted molar refractivity (Wildman–Crippen MR) is 66.5 cm³/mol. The van der Waals surface area contributed by atoms with Crippen LogP contribution in [0.3, 0.4) is 0 Å². The van der Waals surface area contributed by atoms with Gasteiger partial charge in [-0.15, -0.1) is 0 Å². The Morgan fingerprint density at radius 3 is 2.29 bits per heavy atom. The van der Waals surface area contributed by atoms with Gasteiger partial charge in [0.1, 0.15) is 0 Å². The molecule has 0 radical (unpaired) electrons. The van der Waals surface area contributed by atoms with Crippen molar-refractivity contribution in [3.63, 3.8) is 0 Å². The highest BCUT2D eigenvalue weighted by molar-refractivity contribution is 5.85. The summed E-state index contributed by atoms with van der Waals surface area (Å²) in [6, 6.07) is 0. The van der Waals surface area contributed by atoms with Gasteiger partial charge in [-0.2, -0.15) is 0 Å². The van der Waals surface area contributed by atoms with Crippen LogP contribution in [0.5, 0.6) is 0 Å².